The third-order valence-electron chi connectivity index (χ3n) is 4.58. The Hall–Kier alpha value is -1.91. The van der Waals surface area contributed by atoms with Gasteiger partial charge in [0.1, 0.15) is 5.60 Å². The molecule has 10 nitrogen and oxygen atoms in total. The second-order valence-corrected chi connectivity index (χ2v) is 8.33. The summed E-state index contributed by atoms with van der Waals surface area (Å²) in [6, 6.07) is 0. The van der Waals surface area contributed by atoms with Crippen LogP contribution in [-0.2, 0) is 14.3 Å². The molecule has 0 aromatic rings. The van der Waals surface area contributed by atoms with Crippen molar-refractivity contribution in [2.75, 3.05) is 65.4 Å². The molecular weight excluding hydrogens is 376 g/mol. The number of carbonyl (C=O) groups excluding carboxylic acids is 3. The highest BCUT2D eigenvalue weighted by Crippen LogP contribution is 2.11. The molecule has 2 aliphatic heterocycles. The Morgan fingerprint density at radius 2 is 1.28 bits per heavy atom. The fourth-order valence-corrected chi connectivity index (χ4v) is 2.95. The first-order chi connectivity index (χ1) is 13.6. The fraction of sp³-hybridized carbons (Fsp3) is 0.842. The molecule has 0 aromatic heterocycles. The van der Waals surface area contributed by atoms with Crippen LogP contribution < -0.4 is 16.8 Å². The second-order valence-electron chi connectivity index (χ2n) is 8.33. The van der Waals surface area contributed by atoms with E-state index < -0.39 is 5.60 Å². The molecule has 29 heavy (non-hydrogen) atoms. The van der Waals surface area contributed by atoms with Crippen molar-refractivity contribution in [3.63, 3.8) is 0 Å². The van der Waals surface area contributed by atoms with E-state index in [1.54, 1.807) is 4.90 Å². The lowest BCUT2D eigenvalue weighted by Crippen LogP contribution is -2.50. The van der Waals surface area contributed by atoms with Crippen LogP contribution in [0.15, 0.2) is 0 Å². The first-order valence-electron chi connectivity index (χ1n) is 10.3. The molecule has 0 radical (unpaired) electrons. The van der Waals surface area contributed by atoms with Crippen molar-refractivity contribution in [1.29, 1.82) is 0 Å². The quantitative estimate of drug-likeness (QED) is 0.517. The number of amides is 3. The van der Waals surface area contributed by atoms with Gasteiger partial charge < -0.3 is 31.3 Å². The van der Waals surface area contributed by atoms with Gasteiger partial charge in [-0.05, 0) is 20.8 Å². The zero-order valence-corrected chi connectivity index (χ0v) is 18.1. The Bertz CT molecular complexity index is 523. The molecule has 3 amide bonds. The Morgan fingerprint density at radius 3 is 1.69 bits per heavy atom. The number of ether oxygens (including phenoxy) is 1. The monoisotopic (exact) mass is 414 g/mol. The third kappa shape index (κ3) is 12.3. The van der Waals surface area contributed by atoms with Crippen molar-refractivity contribution in [3.05, 3.63) is 0 Å². The van der Waals surface area contributed by atoms with Gasteiger partial charge in [0.2, 0.25) is 11.8 Å². The Morgan fingerprint density at radius 1 is 0.828 bits per heavy atom. The van der Waals surface area contributed by atoms with Crippen LogP contribution in [-0.4, -0.2) is 104 Å². The van der Waals surface area contributed by atoms with Crippen LogP contribution in [0, 0.1) is 0 Å². The van der Waals surface area contributed by atoms with Gasteiger partial charge >= 0.3 is 6.09 Å². The highest BCUT2D eigenvalue weighted by Gasteiger charge is 2.25. The number of nitrogens with one attached hydrogen (secondary N) is 1. The van der Waals surface area contributed by atoms with Gasteiger partial charge in [0.25, 0.3) is 0 Å². The van der Waals surface area contributed by atoms with E-state index in [0.29, 0.717) is 32.5 Å². The van der Waals surface area contributed by atoms with Gasteiger partial charge in [-0.1, -0.05) is 0 Å². The van der Waals surface area contributed by atoms with E-state index in [2.05, 4.69) is 15.1 Å². The molecule has 2 aliphatic rings. The van der Waals surface area contributed by atoms with Crippen LogP contribution in [0.4, 0.5) is 4.79 Å². The molecule has 2 fully saturated rings. The molecule has 5 N–H and O–H groups in total. The first kappa shape index (κ1) is 25.1. The molecule has 2 saturated heterocycles. The van der Waals surface area contributed by atoms with Crippen molar-refractivity contribution in [1.82, 2.24) is 20.0 Å². The van der Waals surface area contributed by atoms with E-state index in [9.17, 15) is 14.4 Å². The molecule has 0 unspecified atom stereocenters. The molecule has 0 saturated carbocycles. The maximum absolute atomic E-state index is 11.8. The normalized spacial score (nSPS) is 18.5. The summed E-state index contributed by atoms with van der Waals surface area (Å²) in [5, 5.41) is 3.24. The average molecular weight is 415 g/mol. The topological polar surface area (TPSA) is 134 Å². The molecule has 168 valence electrons. The average Bonchev–Trinajstić information content (AvgIpc) is 2.65. The number of hydrogen-bond acceptors (Lipinski definition) is 7. The van der Waals surface area contributed by atoms with Crippen LogP contribution >= 0.6 is 0 Å². The van der Waals surface area contributed by atoms with E-state index in [1.807, 2.05) is 20.8 Å². The smallest absolute Gasteiger partial charge is 0.410 e. The molecule has 2 heterocycles. The van der Waals surface area contributed by atoms with Gasteiger partial charge in [0.05, 0.1) is 0 Å². The minimum absolute atomic E-state index is 0.205. The zero-order valence-electron chi connectivity index (χ0n) is 18.1. The van der Waals surface area contributed by atoms with Crippen molar-refractivity contribution in [2.45, 2.75) is 39.2 Å². The van der Waals surface area contributed by atoms with Crippen molar-refractivity contribution < 1.29 is 19.1 Å². The molecule has 0 aromatic carbocycles. The third-order valence-corrected chi connectivity index (χ3v) is 4.58. The summed E-state index contributed by atoms with van der Waals surface area (Å²) in [4.78, 5) is 39.0. The minimum atomic E-state index is -0.458. The molecule has 0 aliphatic carbocycles. The predicted molar refractivity (Wildman–Crippen MR) is 111 cm³/mol. The van der Waals surface area contributed by atoms with Crippen LogP contribution in [0.1, 0.15) is 33.6 Å². The lowest BCUT2D eigenvalue weighted by molar-refractivity contribution is -0.119. The number of nitrogens with zero attached hydrogens (tertiary/aromatic N) is 3. The highest BCUT2D eigenvalue weighted by molar-refractivity contribution is 5.74. The number of rotatable bonds is 6. The molecule has 0 spiro atoms. The number of carbonyl (C=O) groups is 3. The number of primary amides is 2. The summed E-state index contributed by atoms with van der Waals surface area (Å²) in [5.74, 6) is -0.492. The maximum Gasteiger partial charge on any atom is 0.410 e. The van der Waals surface area contributed by atoms with Crippen molar-refractivity contribution >= 4 is 17.9 Å². The van der Waals surface area contributed by atoms with E-state index in [1.165, 1.54) is 0 Å². The van der Waals surface area contributed by atoms with Crippen LogP contribution in [0.25, 0.3) is 0 Å². The molecule has 0 atom stereocenters. The zero-order chi connectivity index (χ0) is 21.9. The van der Waals surface area contributed by atoms with Gasteiger partial charge in [-0.15, -0.1) is 0 Å². The lowest BCUT2D eigenvalue weighted by Gasteiger charge is -2.35. The van der Waals surface area contributed by atoms with E-state index in [-0.39, 0.29) is 17.9 Å². The van der Waals surface area contributed by atoms with Crippen LogP contribution in [0.2, 0.25) is 0 Å². The Balaban J connectivity index is 0.000000326. The van der Waals surface area contributed by atoms with Gasteiger partial charge in [-0.3, -0.25) is 14.5 Å². The summed E-state index contributed by atoms with van der Waals surface area (Å²) in [5.41, 5.74) is 9.67. The SMILES string of the molecule is CC(C)(C)OC(=O)N1CCN(CCC(N)=O)CC1.NC(=O)CCN1CCNCC1. The van der Waals surface area contributed by atoms with E-state index in [4.69, 9.17) is 16.2 Å². The predicted octanol–water partition coefficient (Wildman–Crippen LogP) is -0.818. The van der Waals surface area contributed by atoms with E-state index in [0.717, 1.165) is 45.8 Å². The first-order valence-corrected chi connectivity index (χ1v) is 10.3. The lowest BCUT2D eigenvalue weighted by atomic mass is 10.2. The maximum atomic E-state index is 11.8. The number of nitrogens with two attached hydrogens (primary N) is 2. The minimum Gasteiger partial charge on any atom is -0.444 e. The van der Waals surface area contributed by atoms with Gasteiger partial charge in [0, 0.05) is 78.3 Å². The standard InChI is InChI=1S/C12H23N3O3.C7H15N3O/c1-12(2,3)18-11(17)15-8-6-14(7-9-15)5-4-10(13)16;8-7(11)1-4-10-5-2-9-3-6-10/h4-9H2,1-3H3,(H2,13,16);9H,1-6H2,(H2,8,11). The van der Waals surface area contributed by atoms with E-state index >= 15 is 0 Å². The molecule has 0 bridgehead atoms. The summed E-state index contributed by atoms with van der Waals surface area (Å²) < 4.78 is 5.30. The highest BCUT2D eigenvalue weighted by atomic mass is 16.6. The van der Waals surface area contributed by atoms with Crippen LogP contribution in [0.5, 0.6) is 0 Å². The van der Waals surface area contributed by atoms with Crippen molar-refractivity contribution in [2.24, 2.45) is 11.5 Å². The fourth-order valence-electron chi connectivity index (χ4n) is 2.95. The molecule has 10 heteroatoms. The summed E-state index contributed by atoms with van der Waals surface area (Å²) in [7, 11) is 0. The Labute approximate surface area is 173 Å². The summed E-state index contributed by atoms with van der Waals surface area (Å²) >= 11 is 0. The van der Waals surface area contributed by atoms with Crippen molar-refractivity contribution in [3.8, 4) is 0 Å². The molecular formula is C19H38N6O4. The van der Waals surface area contributed by atoms with Gasteiger partial charge in [-0.25, -0.2) is 4.79 Å². The largest absolute Gasteiger partial charge is 0.444 e. The van der Waals surface area contributed by atoms with Crippen LogP contribution in [0.3, 0.4) is 0 Å². The number of piperazine rings is 2. The summed E-state index contributed by atoms with van der Waals surface area (Å²) in [6.45, 7) is 13.9. The number of hydrogen-bond donors (Lipinski definition) is 3. The molecule has 2 rings (SSSR count). The Kier molecular flexibility index (Phi) is 10.9. The van der Waals surface area contributed by atoms with Gasteiger partial charge in [0.15, 0.2) is 0 Å². The second kappa shape index (κ2) is 12.6. The summed E-state index contributed by atoms with van der Waals surface area (Å²) in [6.07, 6.45) is 0.587. The van der Waals surface area contributed by atoms with Gasteiger partial charge in [-0.2, -0.15) is 0 Å².